The van der Waals surface area contributed by atoms with Gasteiger partial charge in [0.25, 0.3) is 0 Å². The normalized spacial score (nSPS) is 11.4. The lowest BCUT2D eigenvalue weighted by Gasteiger charge is -2.22. The molecule has 0 bridgehead atoms. The summed E-state index contributed by atoms with van der Waals surface area (Å²) in [6.45, 7) is 9.96. The second-order valence-electron chi connectivity index (χ2n) is 11.7. The van der Waals surface area contributed by atoms with Gasteiger partial charge in [0.15, 0.2) is 11.6 Å². The number of rotatable bonds is 19. The Hall–Kier alpha value is -3.33. The first-order valence-corrected chi connectivity index (χ1v) is 19.0. The van der Waals surface area contributed by atoms with Gasteiger partial charge in [-0.05, 0) is 42.7 Å². The predicted molar refractivity (Wildman–Crippen MR) is 170 cm³/mol. The van der Waals surface area contributed by atoms with E-state index in [2.05, 4.69) is 36.9 Å². The Balaban J connectivity index is 1.48. The zero-order valence-corrected chi connectivity index (χ0v) is 27.1. The van der Waals surface area contributed by atoms with E-state index in [-0.39, 0.29) is 11.5 Å². The molecule has 0 spiro atoms. The van der Waals surface area contributed by atoms with Crippen molar-refractivity contribution in [1.82, 2.24) is 9.97 Å². The van der Waals surface area contributed by atoms with E-state index in [0.717, 1.165) is 36.4 Å². The number of ether oxygens (including phenoxy) is 3. The van der Waals surface area contributed by atoms with Crippen molar-refractivity contribution in [3.63, 3.8) is 0 Å². The molecule has 3 aromatic rings. The number of benzene rings is 2. The number of halogens is 2. The molecule has 0 saturated carbocycles. The Morgan fingerprint density at radius 3 is 2.05 bits per heavy atom. The zero-order valence-electron chi connectivity index (χ0n) is 26.1. The van der Waals surface area contributed by atoms with Crippen molar-refractivity contribution in [3.8, 4) is 28.6 Å². The summed E-state index contributed by atoms with van der Waals surface area (Å²) in [5, 5.41) is 0. The van der Waals surface area contributed by atoms with Crippen LogP contribution in [0.25, 0.3) is 11.1 Å². The van der Waals surface area contributed by atoms with Crippen LogP contribution < -0.4 is 14.2 Å². The van der Waals surface area contributed by atoms with Crippen LogP contribution in [0.1, 0.15) is 82.0 Å². The third-order valence-corrected chi connectivity index (χ3v) is 10.9. The highest BCUT2D eigenvalue weighted by Gasteiger charge is 2.22. The molecular weight excluding hydrogens is 566 g/mol. The van der Waals surface area contributed by atoms with E-state index < -0.39 is 31.2 Å². The van der Waals surface area contributed by atoms with Crippen LogP contribution in [0.3, 0.4) is 0 Å². The fourth-order valence-corrected chi connectivity index (χ4v) is 7.44. The van der Waals surface area contributed by atoms with Crippen molar-refractivity contribution in [1.29, 1.82) is 0 Å². The van der Waals surface area contributed by atoms with Crippen LogP contribution in [0.4, 0.5) is 8.78 Å². The second kappa shape index (κ2) is 17.7. The number of carbonyl (C=O) groups is 1. The van der Waals surface area contributed by atoms with Crippen LogP contribution in [0.2, 0.25) is 25.2 Å². The molecule has 0 saturated heterocycles. The number of unbranched alkanes of at least 4 members (excludes halogenated alkanes) is 6. The van der Waals surface area contributed by atoms with Crippen LogP contribution in [-0.2, 0) is 0 Å². The lowest BCUT2D eigenvalue weighted by molar-refractivity contribution is 0.0728. The summed E-state index contributed by atoms with van der Waals surface area (Å²) in [6.07, 6.45) is 13.6. The van der Waals surface area contributed by atoms with Gasteiger partial charge < -0.3 is 14.2 Å². The van der Waals surface area contributed by atoms with Crippen molar-refractivity contribution in [2.75, 3.05) is 13.2 Å². The summed E-state index contributed by atoms with van der Waals surface area (Å²) >= 11 is 0. The summed E-state index contributed by atoms with van der Waals surface area (Å²) in [6, 6.07) is 11.7. The quantitative estimate of drug-likeness (QED) is 0.0581. The fourth-order valence-electron chi connectivity index (χ4n) is 4.78. The van der Waals surface area contributed by atoms with Gasteiger partial charge in [-0.2, -0.15) is 4.39 Å². The molecule has 0 radical (unpaired) electrons. The maximum Gasteiger partial charge on any atom is 0.346 e. The average molecular weight is 613 g/mol. The van der Waals surface area contributed by atoms with Crippen LogP contribution in [0.15, 0.2) is 48.8 Å². The van der Waals surface area contributed by atoms with E-state index >= 15 is 0 Å². The highest BCUT2D eigenvalue weighted by molar-refractivity contribution is 6.77. The molecular formula is C34H46F2N2O4Si. The van der Waals surface area contributed by atoms with Crippen LogP contribution in [-0.4, -0.2) is 37.2 Å². The molecule has 1 heterocycles. The SMILES string of the molecule is CCCCCCCCOc1ncc(-c2ccc(OC(=O)c3ccc(OCCC[Si](C)(C)CCCC)c(F)c3F)cc2)cn1. The largest absolute Gasteiger partial charge is 0.490 e. The third kappa shape index (κ3) is 11.4. The highest BCUT2D eigenvalue weighted by atomic mass is 28.3. The number of esters is 1. The Bertz CT molecular complexity index is 1270. The first-order valence-electron chi connectivity index (χ1n) is 15.6. The van der Waals surface area contributed by atoms with Crippen molar-refractivity contribution in [2.45, 2.75) is 96.8 Å². The molecule has 234 valence electrons. The average Bonchev–Trinajstić information content (AvgIpc) is 3.00. The maximum absolute atomic E-state index is 14.8. The number of hydrogen-bond donors (Lipinski definition) is 0. The Kier molecular flexibility index (Phi) is 14.1. The molecule has 43 heavy (non-hydrogen) atoms. The lowest BCUT2D eigenvalue weighted by atomic mass is 10.1. The minimum atomic E-state index is -1.30. The van der Waals surface area contributed by atoms with E-state index in [9.17, 15) is 13.6 Å². The molecule has 9 heteroatoms. The van der Waals surface area contributed by atoms with E-state index in [1.807, 2.05) is 0 Å². The molecule has 0 aliphatic heterocycles. The molecule has 0 atom stereocenters. The first-order chi connectivity index (χ1) is 20.7. The number of hydrogen-bond acceptors (Lipinski definition) is 6. The maximum atomic E-state index is 14.8. The van der Waals surface area contributed by atoms with Gasteiger partial charge in [0.05, 0.1) is 18.8 Å². The minimum absolute atomic E-state index is 0.198. The monoisotopic (exact) mass is 612 g/mol. The molecule has 0 unspecified atom stereocenters. The molecule has 0 aliphatic carbocycles. The van der Waals surface area contributed by atoms with E-state index in [4.69, 9.17) is 14.2 Å². The topological polar surface area (TPSA) is 70.5 Å². The van der Waals surface area contributed by atoms with E-state index in [0.29, 0.717) is 19.2 Å². The molecule has 0 aliphatic rings. The minimum Gasteiger partial charge on any atom is -0.490 e. The fraction of sp³-hybridized carbons (Fsp3) is 0.500. The summed E-state index contributed by atoms with van der Waals surface area (Å²) in [5.41, 5.74) is 1.07. The van der Waals surface area contributed by atoms with Gasteiger partial charge in [-0.1, -0.05) is 96.1 Å². The lowest BCUT2D eigenvalue weighted by Crippen LogP contribution is -2.25. The molecule has 2 aromatic carbocycles. The van der Waals surface area contributed by atoms with Crippen LogP contribution >= 0.6 is 0 Å². The Morgan fingerprint density at radius 2 is 1.35 bits per heavy atom. The van der Waals surface area contributed by atoms with Crippen LogP contribution in [0, 0.1) is 11.6 Å². The third-order valence-electron chi connectivity index (χ3n) is 7.48. The van der Waals surface area contributed by atoms with Crippen molar-refractivity contribution in [3.05, 3.63) is 66.0 Å². The standard InChI is InChI=1S/C34H46F2N2O4Si/c1-5-7-9-10-11-12-20-41-34-37-24-27(25-38-34)26-14-16-28(17-15-26)42-33(39)29-18-19-30(32(36)31(29)35)40-21-13-23-43(3,4)22-8-6-2/h14-19,24-25H,5-13,20-23H2,1-4H3. The number of carbonyl (C=O) groups excluding carboxylic acids is 1. The first kappa shape index (κ1) is 34.2. The second-order valence-corrected chi connectivity index (χ2v) is 17.1. The van der Waals surface area contributed by atoms with Crippen molar-refractivity contribution in [2.24, 2.45) is 0 Å². The van der Waals surface area contributed by atoms with Gasteiger partial charge in [0.1, 0.15) is 5.75 Å². The zero-order chi connectivity index (χ0) is 31.1. The molecule has 0 amide bonds. The molecule has 0 fully saturated rings. The van der Waals surface area contributed by atoms with Gasteiger partial charge in [0, 0.05) is 26.0 Å². The molecule has 1 aromatic heterocycles. The highest BCUT2D eigenvalue weighted by Crippen LogP contribution is 2.27. The predicted octanol–water partition coefficient (Wildman–Crippen LogP) is 9.66. The van der Waals surface area contributed by atoms with Gasteiger partial charge in [-0.15, -0.1) is 0 Å². The molecule has 6 nitrogen and oxygen atoms in total. The summed E-state index contributed by atoms with van der Waals surface area (Å²) in [5.74, 6) is -3.47. The van der Waals surface area contributed by atoms with Crippen LogP contribution in [0.5, 0.6) is 17.5 Å². The molecule has 0 N–H and O–H groups in total. The smallest absolute Gasteiger partial charge is 0.346 e. The van der Waals surface area contributed by atoms with Gasteiger partial charge in [0.2, 0.25) is 5.82 Å². The van der Waals surface area contributed by atoms with E-state index in [1.54, 1.807) is 36.7 Å². The van der Waals surface area contributed by atoms with Gasteiger partial charge in [-0.3, -0.25) is 0 Å². The Labute approximate surface area is 256 Å². The summed E-state index contributed by atoms with van der Waals surface area (Å²) in [4.78, 5) is 21.2. The number of aromatic nitrogens is 2. The summed E-state index contributed by atoms with van der Waals surface area (Å²) < 4.78 is 45.9. The summed E-state index contributed by atoms with van der Waals surface area (Å²) in [7, 11) is -1.30. The van der Waals surface area contributed by atoms with Gasteiger partial charge >= 0.3 is 12.0 Å². The van der Waals surface area contributed by atoms with E-state index in [1.165, 1.54) is 56.7 Å². The Morgan fingerprint density at radius 1 is 0.721 bits per heavy atom. The van der Waals surface area contributed by atoms with Crippen molar-refractivity contribution >= 4 is 14.0 Å². The number of nitrogens with zero attached hydrogens (tertiary/aromatic N) is 2. The molecule has 3 rings (SSSR count). The van der Waals surface area contributed by atoms with Gasteiger partial charge in [-0.25, -0.2) is 19.2 Å². The van der Waals surface area contributed by atoms with Crippen molar-refractivity contribution < 1.29 is 27.8 Å².